The fourth-order valence-corrected chi connectivity index (χ4v) is 1.97. The Balaban J connectivity index is 2.33. The van der Waals surface area contributed by atoms with E-state index < -0.39 is 5.82 Å². The summed E-state index contributed by atoms with van der Waals surface area (Å²) < 4.78 is 14.4. The Bertz CT molecular complexity index is 575. The van der Waals surface area contributed by atoms with Gasteiger partial charge in [-0.25, -0.2) is 15.2 Å². The van der Waals surface area contributed by atoms with Gasteiger partial charge in [0.1, 0.15) is 0 Å². The maximum Gasteiger partial charge on any atom is 0.239 e. The van der Waals surface area contributed by atoms with Crippen molar-refractivity contribution in [3.63, 3.8) is 0 Å². The lowest BCUT2D eigenvalue weighted by Crippen LogP contribution is -2.12. The third-order valence-electron chi connectivity index (χ3n) is 2.25. The number of aromatic nitrogens is 2. The molecular formula is C11H11BrFN5. The summed E-state index contributed by atoms with van der Waals surface area (Å²) in [5.74, 6) is 4.82. The Labute approximate surface area is 112 Å². The Hall–Kier alpha value is -1.73. The molecule has 0 atom stereocenters. The van der Waals surface area contributed by atoms with Crippen molar-refractivity contribution >= 4 is 33.4 Å². The standard InChI is InChI=1S/C11H11BrFN5/c1-6-2-3-9(7(12)4-6)16-10-8(13)5-15-11(17-10)18-14/h2-5H,14H2,1H3,(H2,15,16,17,18). The molecule has 1 heterocycles. The van der Waals surface area contributed by atoms with Crippen LogP contribution in [0.2, 0.25) is 0 Å². The number of aryl methyl sites for hydroxylation is 1. The number of hydrogen-bond acceptors (Lipinski definition) is 5. The maximum absolute atomic E-state index is 13.5. The van der Waals surface area contributed by atoms with E-state index in [1.807, 2.05) is 25.1 Å². The number of nitrogens with two attached hydrogens (primary N) is 1. The van der Waals surface area contributed by atoms with Gasteiger partial charge in [-0.05, 0) is 40.5 Å². The summed E-state index contributed by atoms with van der Waals surface area (Å²) in [5.41, 5.74) is 4.07. The quantitative estimate of drug-likeness (QED) is 0.600. The van der Waals surface area contributed by atoms with Crippen LogP contribution in [0.1, 0.15) is 5.56 Å². The summed E-state index contributed by atoms with van der Waals surface area (Å²) in [6.45, 7) is 1.97. The summed E-state index contributed by atoms with van der Waals surface area (Å²) in [7, 11) is 0. The van der Waals surface area contributed by atoms with E-state index in [0.717, 1.165) is 16.2 Å². The minimum Gasteiger partial charge on any atom is -0.337 e. The van der Waals surface area contributed by atoms with E-state index in [2.05, 4.69) is 36.6 Å². The normalized spacial score (nSPS) is 10.2. The summed E-state index contributed by atoms with van der Waals surface area (Å²) in [4.78, 5) is 7.56. The largest absolute Gasteiger partial charge is 0.337 e. The minimum atomic E-state index is -0.554. The molecule has 0 radical (unpaired) electrons. The van der Waals surface area contributed by atoms with E-state index in [0.29, 0.717) is 5.69 Å². The van der Waals surface area contributed by atoms with E-state index in [9.17, 15) is 4.39 Å². The van der Waals surface area contributed by atoms with Gasteiger partial charge in [-0.3, -0.25) is 5.43 Å². The van der Waals surface area contributed by atoms with Crippen molar-refractivity contribution in [2.24, 2.45) is 5.84 Å². The van der Waals surface area contributed by atoms with Crippen LogP contribution in [-0.4, -0.2) is 9.97 Å². The third kappa shape index (κ3) is 2.74. The molecule has 0 saturated heterocycles. The molecule has 18 heavy (non-hydrogen) atoms. The van der Waals surface area contributed by atoms with Crippen molar-refractivity contribution in [3.05, 3.63) is 40.2 Å². The minimum absolute atomic E-state index is 0.0579. The number of anilines is 3. The number of nitrogens with one attached hydrogen (secondary N) is 2. The fourth-order valence-electron chi connectivity index (χ4n) is 1.37. The van der Waals surface area contributed by atoms with Crippen LogP contribution < -0.4 is 16.6 Å². The summed E-state index contributed by atoms with van der Waals surface area (Å²) in [5, 5.41) is 2.87. The van der Waals surface area contributed by atoms with Crippen LogP contribution in [-0.2, 0) is 0 Å². The Morgan fingerprint density at radius 1 is 1.39 bits per heavy atom. The molecule has 7 heteroatoms. The average Bonchev–Trinajstić information content (AvgIpc) is 2.35. The summed E-state index contributed by atoms with van der Waals surface area (Å²) >= 11 is 3.40. The number of rotatable bonds is 3. The second-order valence-corrected chi connectivity index (χ2v) is 4.50. The second kappa shape index (κ2) is 5.28. The van der Waals surface area contributed by atoms with E-state index in [-0.39, 0.29) is 11.8 Å². The van der Waals surface area contributed by atoms with E-state index in [1.165, 1.54) is 0 Å². The molecule has 0 aliphatic rings. The van der Waals surface area contributed by atoms with E-state index in [1.54, 1.807) is 0 Å². The van der Waals surface area contributed by atoms with Gasteiger partial charge in [-0.15, -0.1) is 0 Å². The Morgan fingerprint density at radius 2 is 2.17 bits per heavy atom. The summed E-state index contributed by atoms with van der Waals surface area (Å²) in [6, 6.07) is 5.66. The predicted molar refractivity (Wildman–Crippen MR) is 72.0 cm³/mol. The van der Waals surface area contributed by atoms with Gasteiger partial charge < -0.3 is 5.32 Å². The first-order chi connectivity index (χ1) is 8.60. The topological polar surface area (TPSA) is 75.9 Å². The van der Waals surface area contributed by atoms with Crippen LogP contribution in [0.5, 0.6) is 0 Å². The van der Waals surface area contributed by atoms with Crippen molar-refractivity contribution in [2.75, 3.05) is 10.7 Å². The number of hydrazine groups is 1. The molecule has 5 nitrogen and oxygen atoms in total. The van der Waals surface area contributed by atoms with Crippen LogP contribution in [0, 0.1) is 12.7 Å². The molecule has 0 aliphatic carbocycles. The monoisotopic (exact) mass is 311 g/mol. The molecule has 0 bridgehead atoms. The predicted octanol–water partition coefficient (Wildman–Crippen LogP) is 2.72. The zero-order valence-electron chi connectivity index (χ0n) is 9.54. The lowest BCUT2D eigenvalue weighted by atomic mass is 10.2. The smallest absolute Gasteiger partial charge is 0.239 e. The van der Waals surface area contributed by atoms with Crippen LogP contribution in [0.25, 0.3) is 0 Å². The molecule has 0 amide bonds. The Kier molecular flexibility index (Phi) is 3.73. The molecule has 0 unspecified atom stereocenters. The van der Waals surface area contributed by atoms with Crippen LogP contribution in [0.4, 0.5) is 21.8 Å². The molecule has 1 aromatic heterocycles. The van der Waals surface area contributed by atoms with Gasteiger partial charge in [0.25, 0.3) is 0 Å². The van der Waals surface area contributed by atoms with Crippen molar-refractivity contribution in [2.45, 2.75) is 6.92 Å². The third-order valence-corrected chi connectivity index (χ3v) is 2.91. The lowest BCUT2D eigenvalue weighted by molar-refractivity contribution is 0.619. The number of benzene rings is 1. The molecular weight excluding hydrogens is 301 g/mol. The van der Waals surface area contributed by atoms with Crippen molar-refractivity contribution in [1.29, 1.82) is 0 Å². The van der Waals surface area contributed by atoms with Crippen molar-refractivity contribution in [1.82, 2.24) is 9.97 Å². The van der Waals surface area contributed by atoms with E-state index in [4.69, 9.17) is 5.84 Å². The highest BCUT2D eigenvalue weighted by atomic mass is 79.9. The highest BCUT2D eigenvalue weighted by Gasteiger charge is 2.08. The average molecular weight is 312 g/mol. The SMILES string of the molecule is Cc1ccc(Nc2nc(NN)ncc2F)c(Br)c1. The molecule has 0 saturated carbocycles. The van der Waals surface area contributed by atoms with Crippen molar-refractivity contribution in [3.8, 4) is 0 Å². The highest BCUT2D eigenvalue weighted by molar-refractivity contribution is 9.10. The number of hydrogen-bond donors (Lipinski definition) is 3. The van der Waals surface area contributed by atoms with Gasteiger partial charge in [-0.2, -0.15) is 4.98 Å². The summed E-state index contributed by atoms with van der Waals surface area (Å²) in [6.07, 6.45) is 1.05. The van der Waals surface area contributed by atoms with Crippen LogP contribution >= 0.6 is 15.9 Å². The first kappa shape index (κ1) is 12.7. The zero-order chi connectivity index (χ0) is 13.1. The lowest BCUT2D eigenvalue weighted by Gasteiger charge is -2.10. The second-order valence-electron chi connectivity index (χ2n) is 3.64. The molecule has 4 N–H and O–H groups in total. The molecule has 2 rings (SSSR count). The highest BCUT2D eigenvalue weighted by Crippen LogP contribution is 2.27. The van der Waals surface area contributed by atoms with Crippen LogP contribution in [0.3, 0.4) is 0 Å². The zero-order valence-corrected chi connectivity index (χ0v) is 11.1. The first-order valence-electron chi connectivity index (χ1n) is 5.12. The van der Waals surface area contributed by atoms with Crippen molar-refractivity contribution < 1.29 is 4.39 Å². The van der Waals surface area contributed by atoms with Gasteiger partial charge in [-0.1, -0.05) is 6.07 Å². The Morgan fingerprint density at radius 3 is 2.83 bits per heavy atom. The van der Waals surface area contributed by atoms with Gasteiger partial charge in [0, 0.05) is 4.47 Å². The fraction of sp³-hybridized carbons (Fsp3) is 0.0909. The molecule has 0 spiro atoms. The first-order valence-corrected chi connectivity index (χ1v) is 5.92. The number of halogens is 2. The van der Waals surface area contributed by atoms with Gasteiger partial charge in [0.2, 0.25) is 5.95 Å². The number of nitrogen functional groups attached to an aromatic ring is 1. The molecule has 94 valence electrons. The molecule has 1 aromatic carbocycles. The molecule has 2 aromatic rings. The van der Waals surface area contributed by atoms with Crippen LogP contribution in [0.15, 0.2) is 28.9 Å². The van der Waals surface area contributed by atoms with Gasteiger partial charge >= 0.3 is 0 Å². The van der Waals surface area contributed by atoms with Gasteiger partial charge in [0.05, 0.1) is 11.9 Å². The maximum atomic E-state index is 13.5. The molecule has 0 aliphatic heterocycles. The van der Waals surface area contributed by atoms with Gasteiger partial charge in [0.15, 0.2) is 11.6 Å². The molecule has 0 fully saturated rings. The van der Waals surface area contributed by atoms with E-state index >= 15 is 0 Å². The number of nitrogens with zero attached hydrogens (tertiary/aromatic N) is 2.